The number of sulfonamides is 1. The van der Waals surface area contributed by atoms with Crippen LogP contribution in [0.25, 0.3) is 0 Å². The first-order chi connectivity index (χ1) is 6.88. The van der Waals surface area contributed by atoms with E-state index >= 15 is 0 Å². The SMILES string of the molecule is CNS(=O)(=O)c1ccc(N)c(N(C)C)c1. The summed E-state index contributed by atoms with van der Waals surface area (Å²) in [7, 11) is 1.59. The molecule has 0 amide bonds. The van der Waals surface area contributed by atoms with Crippen molar-refractivity contribution in [2.45, 2.75) is 4.90 Å². The van der Waals surface area contributed by atoms with Crippen LogP contribution in [0, 0.1) is 0 Å². The quantitative estimate of drug-likeness (QED) is 0.728. The van der Waals surface area contributed by atoms with Crippen molar-refractivity contribution in [3.63, 3.8) is 0 Å². The predicted molar refractivity (Wildman–Crippen MR) is 61.4 cm³/mol. The first kappa shape index (κ1) is 11.8. The van der Waals surface area contributed by atoms with Gasteiger partial charge in [0.25, 0.3) is 0 Å². The maximum Gasteiger partial charge on any atom is 0.240 e. The molecule has 0 unspecified atom stereocenters. The summed E-state index contributed by atoms with van der Waals surface area (Å²) >= 11 is 0. The number of hydrogen-bond donors (Lipinski definition) is 2. The fourth-order valence-corrected chi connectivity index (χ4v) is 1.95. The topological polar surface area (TPSA) is 75.4 Å². The molecule has 0 aliphatic carbocycles. The Bertz CT molecular complexity index is 454. The molecule has 1 aromatic rings. The molecule has 0 saturated carbocycles. The Morgan fingerprint density at radius 2 is 1.93 bits per heavy atom. The molecule has 0 bridgehead atoms. The van der Waals surface area contributed by atoms with E-state index in [2.05, 4.69) is 4.72 Å². The molecule has 5 nitrogen and oxygen atoms in total. The average Bonchev–Trinajstić information content (AvgIpc) is 2.17. The monoisotopic (exact) mass is 229 g/mol. The van der Waals surface area contributed by atoms with Gasteiger partial charge in [0.15, 0.2) is 0 Å². The summed E-state index contributed by atoms with van der Waals surface area (Å²) in [5.74, 6) is 0. The second kappa shape index (κ2) is 4.08. The molecule has 0 saturated heterocycles. The van der Waals surface area contributed by atoms with Crippen LogP contribution >= 0.6 is 0 Å². The fraction of sp³-hybridized carbons (Fsp3) is 0.333. The third-order valence-corrected chi connectivity index (χ3v) is 3.47. The van der Waals surface area contributed by atoms with Crippen molar-refractivity contribution < 1.29 is 8.42 Å². The van der Waals surface area contributed by atoms with E-state index in [1.165, 1.54) is 13.1 Å². The zero-order valence-electron chi connectivity index (χ0n) is 8.98. The number of benzene rings is 1. The predicted octanol–water partition coefficient (Wildman–Crippen LogP) is 0.243. The van der Waals surface area contributed by atoms with Crippen molar-refractivity contribution in [3.8, 4) is 0 Å². The highest BCUT2D eigenvalue weighted by Crippen LogP contribution is 2.24. The summed E-state index contributed by atoms with van der Waals surface area (Å²) in [6.07, 6.45) is 0. The van der Waals surface area contributed by atoms with Crippen molar-refractivity contribution in [3.05, 3.63) is 18.2 Å². The number of nitrogen functional groups attached to an aromatic ring is 1. The Labute approximate surface area is 89.9 Å². The van der Waals surface area contributed by atoms with E-state index in [0.717, 1.165) is 0 Å². The Morgan fingerprint density at radius 1 is 1.33 bits per heavy atom. The molecule has 3 N–H and O–H groups in total. The molecular weight excluding hydrogens is 214 g/mol. The van der Waals surface area contributed by atoms with Crippen molar-refractivity contribution in [1.29, 1.82) is 0 Å². The Balaban J connectivity index is 3.31. The molecule has 0 aromatic heterocycles. The van der Waals surface area contributed by atoms with Gasteiger partial charge >= 0.3 is 0 Å². The van der Waals surface area contributed by atoms with Crippen LogP contribution in [0.15, 0.2) is 23.1 Å². The fourth-order valence-electron chi connectivity index (χ4n) is 1.20. The number of hydrogen-bond acceptors (Lipinski definition) is 4. The zero-order valence-corrected chi connectivity index (χ0v) is 9.80. The highest BCUT2D eigenvalue weighted by molar-refractivity contribution is 7.89. The van der Waals surface area contributed by atoms with E-state index in [-0.39, 0.29) is 4.90 Å². The maximum absolute atomic E-state index is 11.5. The number of anilines is 2. The number of nitrogens with one attached hydrogen (secondary N) is 1. The third kappa shape index (κ3) is 2.40. The van der Waals surface area contributed by atoms with Crippen LogP contribution in [-0.2, 0) is 10.0 Å². The highest BCUT2D eigenvalue weighted by atomic mass is 32.2. The van der Waals surface area contributed by atoms with Crippen molar-refractivity contribution in [2.75, 3.05) is 31.8 Å². The van der Waals surface area contributed by atoms with E-state index < -0.39 is 10.0 Å². The minimum Gasteiger partial charge on any atom is -0.397 e. The van der Waals surface area contributed by atoms with Gasteiger partial charge in [-0.3, -0.25) is 0 Å². The van der Waals surface area contributed by atoms with E-state index in [1.807, 2.05) is 14.1 Å². The van der Waals surface area contributed by atoms with Gasteiger partial charge in [0.1, 0.15) is 0 Å². The Kier molecular flexibility index (Phi) is 3.21. The molecule has 0 fully saturated rings. The minimum absolute atomic E-state index is 0.211. The molecule has 0 aliphatic rings. The smallest absolute Gasteiger partial charge is 0.240 e. The van der Waals surface area contributed by atoms with Gasteiger partial charge in [0.05, 0.1) is 16.3 Å². The summed E-state index contributed by atoms with van der Waals surface area (Å²) in [5, 5.41) is 0. The van der Waals surface area contributed by atoms with Crippen LogP contribution < -0.4 is 15.4 Å². The van der Waals surface area contributed by atoms with Crippen molar-refractivity contribution in [1.82, 2.24) is 4.72 Å². The lowest BCUT2D eigenvalue weighted by Gasteiger charge is -2.16. The number of rotatable bonds is 3. The Morgan fingerprint density at radius 3 is 2.40 bits per heavy atom. The van der Waals surface area contributed by atoms with Gasteiger partial charge < -0.3 is 10.6 Å². The van der Waals surface area contributed by atoms with E-state index in [0.29, 0.717) is 11.4 Å². The normalized spacial score (nSPS) is 11.4. The van der Waals surface area contributed by atoms with Gasteiger partial charge in [-0.15, -0.1) is 0 Å². The highest BCUT2D eigenvalue weighted by Gasteiger charge is 2.13. The summed E-state index contributed by atoms with van der Waals surface area (Å²) in [6, 6.07) is 4.61. The molecular formula is C9H15N3O2S. The van der Waals surface area contributed by atoms with Crippen molar-refractivity contribution in [2.24, 2.45) is 0 Å². The van der Waals surface area contributed by atoms with E-state index in [1.54, 1.807) is 17.0 Å². The molecule has 0 radical (unpaired) electrons. The van der Waals surface area contributed by atoms with Crippen LogP contribution in [-0.4, -0.2) is 29.6 Å². The second-order valence-corrected chi connectivity index (χ2v) is 5.21. The molecule has 0 atom stereocenters. The second-order valence-electron chi connectivity index (χ2n) is 3.32. The van der Waals surface area contributed by atoms with Crippen LogP contribution in [0.3, 0.4) is 0 Å². The molecule has 1 rings (SSSR count). The van der Waals surface area contributed by atoms with E-state index in [4.69, 9.17) is 5.73 Å². The lowest BCUT2D eigenvalue weighted by Crippen LogP contribution is -2.19. The summed E-state index contributed by atoms with van der Waals surface area (Å²) < 4.78 is 25.3. The molecule has 15 heavy (non-hydrogen) atoms. The first-order valence-electron chi connectivity index (χ1n) is 4.39. The number of nitrogens with two attached hydrogens (primary N) is 1. The van der Waals surface area contributed by atoms with Crippen LogP contribution in [0.5, 0.6) is 0 Å². The van der Waals surface area contributed by atoms with Gasteiger partial charge in [0.2, 0.25) is 10.0 Å². The first-order valence-corrected chi connectivity index (χ1v) is 5.87. The summed E-state index contributed by atoms with van der Waals surface area (Å²) in [4.78, 5) is 1.98. The molecule has 0 heterocycles. The van der Waals surface area contributed by atoms with Gasteiger partial charge in [-0.2, -0.15) is 0 Å². The molecule has 1 aromatic carbocycles. The molecule has 6 heteroatoms. The van der Waals surface area contributed by atoms with Crippen LogP contribution in [0.4, 0.5) is 11.4 Å². The lowest BCUT2D eigenvalue weighted by atomic mass is 10.2. The zero-order chi connectivity index (χ0) is 11.6. The number of nitrogens with zero attached hydrogens (tertiary/aromatic N) is 1. The van der Waals surface area contributed by atoms with Gasteiger partial charge in [-0.05, 0) is 25.2 Å². The standard InChI is InChI=1S/C9H15N3O2S/c1-11-15(13,14)7-4-5-8(10)9(6-7)12(2)3/h4-6,11H,10H2,1-3H3. The largest absolute Gasteiger partial charge is 0.397 e. The lowest BCUT2D eigenvalue weighted by molar-refractivity contribution is 0.588. The van der Waals surface area contributed by atoms with E-state index in [9.17, 15) is 8.42 Å². The third-order valence-electron chi connectivity index (χ3n) is 2.06. The average molecular weight is 229 g/mol. The van der Waals surface area contributed by atoms with Crippen LogP contribution in [0.1, 0.15) is 0 Å². The van der Waals surface area contributed by atoms with Gasteiger partial charge in [-0.25, -0.2) is 13.1 Å². The summed E-state index contributed by atoms with van der Waals surface area (Å²) in [6.45, 7) is 0. The minimum atomic E-state index is -3.40. The van der Waals surface area contributed by atoms with Gasteiger partial charge in [0, 0.05) is 14.1 Å². The van der Waals surface area contributed by atoms with Crippen molar-refractivity contribution >= 4 is 21.4 Å². The maximum atomic E-state index is 11.5. The summed E-state index contributed by atoms with van der Waals surface area (Å²) in [5.41, 5.74) is 6.96. The Hall–Kier alpha value is -1.27. The molecule has 0 spiro atoms. The molecule has 84 valence electrons. The molecule has 0 aliphatic heterocycles. The van der Waals surface area contributed by atoms with Crippen LogP contribution in [0.2, 0.25) is 0 Å². The van der Waals surface area contributed by atoms with Gasteiger partial charge in [-0.1, -0.05) is 0 Å².